The highest BCUT2D eigenvalue weighted by Crippen LogP contribution is 2.37. The number of morpholine rings is 1. The second-order valence-electron chi connectivity index (χ2n) is 8.32. The maximum absolute atomic E-state index is 13.4. The molecule has 0 spiro atoms. The van der Waals surface area contributed by atoms with Crippen molar-refractivity contribution in [1.82, 2.24) is 20.0 Å². The van der Waals surface area contributed by atoms with Crippen molar-refractivity contribution < 1.29 is 19.1 Å². The Labute approximate surface area is 182 Å². The molecule has 166 valence electrons. The molecule has 1 N–H and O–H groups in total. The summed E-state index contributed by atoms with van der Waals surface area (Å²) in [7, 11) is 0. The zero-order valence-electron chi connectivity index (χ0n) is 18.4. The minimum Gasteiger partial charge on any atom is -0.378 e. The van der Waals surface area contributed by atoms with Crippen LogP contribution in [0.3, 0.4) is 0 Å². The summed E-state index contributed by atoms with van der Waals surface area (Å²) in [6, 6.07) is 5.38. The number of benzene rings is 1. The molecule has 3 aliphatic heterocycles. The third-order valence-electron chi connectivity index (χ3n) is 6.31. The van der Waals surface area contributed by atoms with Crippen molar-refractivity contribution >= 4 is 17.8 Å². The van der Waals surface area contributed by atoms with Crippen LogP contribution in [0.4, 0.5) is 4.79 Å². The van der Waals surface area contributed by atoms with Gasteiger partial charge in [-0.1, -0.05) is 23.8 Å². The van der Waals surface area contributed by atoms with Crippen molar-refractivity contribution in [2.24, 2.45) is 0 Å². The monoisotopic (exact) mass is 426 g/mol. The summed E-state index contributed by atoms with van der Waals surface area (Å²) in [6.45, 7) is 9.40. The third kappa shape index (κ3) is 4.04. The molecule has 1 saturated heterocycles. The van der Waals surface area contributed by atoms with E-state index in [1.165, 1.54) is 0 Å². The standard InChI is InChI=1S/C23H30N4O4/c1-4-27-18-14-26(8-7-19(28)25-9-11-31-12-10-25)22(29)20(18)21(24-23(27)30)17-6-5-15(2)13-16(17)3/h5-6,13,21H,4,7-12,14H2,1-3H3,(H,24,30)/t21-/m0/s1. The van der Waals surface area contributed by atoms with Crippen LogP contribution in [0, 0.1) is 13.8 Å². The molecular formula is C23H30N4O4. The van der Waals surface area contributed by atoms with Crippen molar-refractivity contribution in [2.75, 3.05) is 45.9 Å². The van der Waals surface area contributed by atoms with E-state index < -0.39 is 6.04 Å². The van der Waals surface area contributed by atoms with Gasteiger partial charge in [0.25, 0.3) is 5.91 Å². The number of amides is 4. The first-order valence-electron chi connectivity index (χ1n) is 10.9. The third-order valence-corrected chi connectivity index (χ3v) is 6.31. The van der Waals surface area contributed by atoms with Crippen LogP contribution < -0.4 is 5.32 Å². The van der Waals surface area contributed by atoms with E-state index in [1.807, 2.05) is 32.9 Å². The number of likely N-dealkylation sites (N-methyl/N-ethyl adjacent to an activating group) is 1. The summed E-state index contributed by atoms with van der Waals surface area (Å²) in [5.41, 5.74) is 4.47. The van der Waals surface area contributed by atoms with Gasteiger partial charge in [-0.25, -0.2) is 4.79 Å². The number of rotatable bonds is 5. The van der Waals surface area contributed by atoms with E-state index in [2.05, 4.69) is 11.4 Å². The SMILES string of the molecule is CCN1C(=O)N[C@@H](c2ccc(C)cc2C)C2=C1CN(CCC(=O)N1CCOCC1)C2=O. The van der Waals surface area contributed by atoms with E-state index in [1.54, 1.807) is 14.7 Å². The van der Waals surface area contributed by atoms with Gasteiger partial charge in [-0.2, -0.15) is 0 Å². The number of carbonyl (C=O) groups excluding carboxylic acids is 3. The Morgan fingerprint density at radius 1 is 1.19 bits per heavy atom. The maximum Gasteiger partial charge on any atom is 0.322 e. The van der Waals surface area contributed by atoms with Crippen molar-refractivity contribution in [3.63, 3.8) is 0 Å². The van der Waals surface area contributed by atoms with Crippen LogP contribution in [0.5, 0.6) is 0 Å². The molecule has 0 radical (unpaired) electrons. The highest BCUT2D eigenvalue weighted by atomic mass is 16.5. The van der Waals surface area contributed by atoms with Gasteiger partial charge < -0.3 is 19.9 Å². The molecule has 4 amide bonds. The second kappa shape index (κ2) is 8.70. The van der Waals surface area contributed by atoms with Gasteiger partial charge in [0.05, 0.1) is 37.1 Å². The molecule has 1 aromatic carbocycles. The molecule has 1 fully saturated rings. The average Bonchev–Trinajstić information content (AvgIpc) is 3.08. The summed E-state index contributed by atoms with van der Waals surface area (Å²) in [4.78, 5) is 43.9. The molecule has 0 bridgehead atoms. The lowest BCUT2D eigenvalue weighted by molar-refractivity contribution is -0.136. The van der Waals surface area contributed by atoms with Gasteiger partial charge in [-0.3, -0.25) is 14.5 Å². The van der Waals surface area contributed by atoms with Gasteiger partial charge in [-0.05, 0) is 31.9 Å². The highest BCUT2D eigenvalue weighted by Gasteiger charge is 2.43. The lowest BCUT2D eigenvalue weighted by Crippen LogP contribution is -2.47. The number of nitrogens with zero attached hydrogens (tertiary/aromatic N) is 3. The minimum atomic E-state index is -0.474. The average molecular weight is 427 g/mol. The van der Waals surface area contributed by atoms with E-state index in [0.717, 1.165) is 22.4 Å². The molecule has 31 heavy (non-hydrogen) atoms. The fraction of sp³-hybridized carbons (Fsp3) is 0.522. The van der Waals surface area contributed by atoms with E-state index >= 15 is 0 Å². The van der Waals surface area contributed by atoms with Gasteiger partial charge >= 0.3 is 6.03 Å². The van der Waals surface area contributed by atoms with Crippen molar-refractivity contribution in [3.8, 4) is 0 Å². The van der Waals surface area contributed by atoms with Crippen LogP contribution in [-0.4, -0.2) is 78.5 Å². The number of carbonyl (C=O) groups is 3. The molecule has 1 aromatic rings. The van der Waals surface area contributed by atoms with Crippen LogP contribution in [0.1, 0.15) is 36.1 Å². The van der Waals surface area contributed by atoms with E-state index in [-0.39, 0.29) is 24.3 Å². The zero-order valence-corrected chi connectivity index (χ0v) is 18.4. The van der Waals surface area contributed by atoms with Crippen LogP contribution in [0.15, 0.2) is 29.5 Å². The Kier molecular flexibility index (Phi) is 6.00. The summed E-state index contributed by atoms with van der Waals surface area (Å²) in [5, 5.41) is 3.03. The molecular weight excluding hydrogens is 396 g/mol. The van der Waals surface area contributed by atoms with Gasteiger partial charge in [0.15, 0.2) is 0 Å². The van der Waals surface area contributed by atoms with Gasteiger partial charge in [0.1, 0.15) is 0 Å². The van der Waals surface area contributed by atoms with Crippen LogP contribution in [0.25, 0.3) is 0 Å². The molecule has 8 nitrogen and oxygen atoms in total. The summed E-state index contributed by atoms with van der Waals surface area (Å²) < 4.78 is 5.30. The predicted octanol–water partition coefficient (Wildman–Crippen LogP) is 1.73. The first-order chi connectivity index (χ1) is 14.9. The fourth-order valence-electron chi connectivity index (χ4n) is 4.65. The van der Waals surface area contributed by atoms with Crippen molar-refractivity contribution in [2.45, 2.75) is 33.2 Å². The molecule has 4 rings (SSSR count). The summed E-state index contributed by atoms with van der Waals surface area (Å²) in [5.74, 6) is -0.0679. The van der Waals surface area contributed by atoms with Crippen molar-refractivity contribution in [3.05, 3.63) is 46.2 Å². The maximum atomic E-state index is 13.4. The Bertz CT molecular complexity index is 936. The Morgan fingerprint density at radius 2 is 1.94 bits per heavy atom. The summed E-state index contributed by atoms with van der Waals surface area (Å²) in [6.07, 6.45) is 0.272. The normalized spacial score (nSPS) is 21.5. The molecule has 0 saturated carbocycles. The predicted molar refractivity (Wildman–Crippen MR) is 115 cm³/mol. The van der Waals surface area contributed by atoms with E-state index in [0.29, 0.717) is 51.5 Å². The van der Waals surface area contributed by atoms with Gasteiger partial charge in [0, 0.05) is 32.6 Å². The molecule has 0 aromatic heterocycles. The number of hydrogen-bond acceptors (Lipinski definition) is 4. The smallest absolute Gasteiger partial charge is 0.322 e. The fourth-order valence-corrected chi connectivity index (χ4v) is 4.65. The molecule has 3 heterocycles. The number of urea groups is 1. The zero-order chi connectivity index (χ0) is 22.1. The summed E-state index contributed by atoms with van der Waals surface area (Å²) >= 11 is 0. The number of aryl methyl sites for hydroxylation is 2. The molecule has 3 aliphatic rings. The lowest BCUT2D eigenvalue weighted by atomic mass is 9.91. The Hall–Kier alpha value is -2.87. The van der Waals surface area contributed by atoms with E-state index in [9.17, 15) is 14.4 Å². The van der Waals surface area contributed by atoms with Gasteiger partial charge in [-0.15, -0.1) is 0 Å². The van der Waals surface area contributed by atoms with Gasteiger partial charge in [0.2, 0.25) is 5.91 Å². The Balaban J connectivity index is 1.55. The highest BCUT2D eigenvalue weighted by molar-refractivity contribution is 6.01. The van der Waals surface area contributed by atoms with Crippen LogP contribution >= 0.6 is 0 Å². The topological polar surface area (TPSA) is 82.2 Å². The minimum absolute atomic E-state index is 0.0356. The molecule has 0 unspecified atom stereocenters. The van der Waals surface area contributed by atoms with Crippen LogP contribution in [-0.2, 0) is 14.3 Å². The molecule has 8 heteroatoms. The second-order valence-corrected chi connectivity index (χ2v) is 8.32. The first-order valence-corrected chi connectivity index (χ1v) is 10.9. The number of ether oxygens (including phenoxy) is 1. The number of hydrogen-bond donors (Lipinski definition) is 1. The Morgan fingerprint density at radius 3 is 2.61 bits per heavy atom. The van der Waals surface area contributed by atoms with E-state index in [4.69, 9.17) is 4.74 Å². The lowest BCUT2D eigenvalue weighted by Gasteiger charge is -2.33. The quantitative estimate of drug-likeness (QED) is 0.778. The van der Waals surface area contributed by atoms with Crippen LogP contribution in [0.2, 0.25) is 0 Å². The number of nitrogens with one attached hydrogen (secondary N) is 1. The molecule has 1 atom stereocenters. The molecule has 0 aliphatic carbocycles. The first kappa shape index (κ1) is 21.4. The van der Waals surface area contributed by atoms with Crippen molar-refractivity contribution in [1.29, 1.82) is 0 Å². The largest absolute Gasteiger partial charge is 0.378 e.